The first-order valence-corrected chi connectivity index (χ1v) is 9.53. The molecular weight excluding hydrogens is 423 g/mol. The normalized spacial score (nSPS) is 15.8. The van der Waals surface area contributed by atoms with Crippen LogP contribution in [0.1, 0.15) is 57.1 Å². The van der Waals surface area contributed by atoms with Crippen LogP contribution in [-0.2, 0) is 13.1 Å². The molecule has 0 bridgehead atoms. The third kappa shape index (κ3) is 7.52. The topological polar surface area (TPSA) is 39.7 Å². The molecule has 4 nitrogen and oxygen atoms in total. The number of hydrogen-bond acceptors (Lipinski definition) is 2. The Labute approximate surface area is 170 Å². The summed E-state index contributed by atoms with van der Waals surface area (Å²) in [5, 5.41) is 7.09. The molecular formula is C20H35IN4. The van der Waals surface area contributed by atoms with E-state index in [-0.39, 0.29) is 24.0 Å². The van der Waals surface area contributed by atoms with E-state index >= 15 is 0 Å². The van der Waals surface area contributed by atoms with Gasteiger partial charge in [0.05, 0.1) is 0 Å². The number of halogens is 1. The van der Waals surface area contributed by atoms with Crippen LogP contribution in [0.5, 0.6) is 0 Å². The van der Waals surface area contributed by atoms with Gasteiger partial charge in [-0.2, -0.15) is 0 Å². The quantitative estimate of drug-likeness (QED) is 0.367. The number of benzene rings is 1. The van der Waals surface area contributed by atoms with Gasteiger partial charge in [0.1, 0.15) is 0 Å². The fourth-order valence-electron chi connectivity index (χ4n) is 3.39. The molecule has 0 aromatic heterocycles. The summed E-state index contributed by atoms with van der Waals surface area (Å²) in [6.45, 7) is 8.45. The van der Waals surface area contributed by atoms with Crippen molar-refractivity contribution in [1.82, 2.24) is 15.5 Å². The van der Waals surface area contributed by atoms with Crippen molar-refractivity contribution in [1.29, 1.82) is 0 Å². The first-order chi connectivity index (χ1) is 11.8. The summed E-state index contributed by atoms with van der Waals surface area (Å²) in [7, 11) is 1.86. The first kappa shape index (κ1) is 22.2. The molecule has 1 aromatic carbocycles. The lowest BCUT2D eigenvalue weighted by Gasteiger charge is -2.25. The predicted molar refractivity (Wildman–Crippen MR) is 119 cm³/mol. The third-order valence-corrected chi connectivity index (χ3v) is 5.02. The van der Waals surface area contributed by atoms with Crippen LogP contribution in [0.3, 0.4) is 0 Å². The number of hydrogen-bond donors (Lipinski definition) is 2. The molecule has 2 N–H and O–H groups in total. The van der Waals surface area contributed by atoms with Crippen molar-refractivity contribution < 1.29 is 0 Å². The molecule has 25 heavy (non-hydrogen) atoms. The van der Waals surface area contributed by atoms with Crippen LogP contribution in [-0.4, -0.2) is 37.0 Å². The highest BCUT2D eigenvalue weighted by atomic mass is 127. The maximum atomic E-state index is 4.40. The Morgan fingerprint density at radius 2 is 1.72 bits per heavy atom. The van der Waals surface area contributed by atoms with Crippen molar-refractivity contribution >= 4 is 29.9 Å². The van der Waals surface area contributed by atoms with Gasteiger partial charge in [-0.3, -0.25) is 9.89 Å². The molecule has 5 heteroatoms. The van der Waals surface area contributed by atoms with Crippen LogP contribution in [0.25, 0.3) is 0 Å². The standard InChI is InChI=1S/C20H34N4.HI/c1-4-24(5-2)16-18-12-10-9-11-17(18)15-22-20(21-3)23-19-13-7-6-8-14-19;/h9-12,19H,4-8,13-16H2,1-3H3,(H2,21,22,23);1H. The van der Waals surface area contributed by atoms with Gasteiger partial charge in [-0.25, -0.2) is 0 Å². The van der Waals surface area contributed by atoms with Gasteiger partial charge in [0.25, 0.3) is 0 Å². The second-order valence-electron chi connectivity index (χ2n) is 6.64. The molecule has 1 fully saturated rings. The molecule has 1 aromatic rings. The molecule has 0 aliphatic heterocycles. The van der Waals surface area contributed by atoms with E-state index in [9.17, 15) is 0 Å². The summed E-state index contributed by atoms with van der Waals surface area (Å²) in [6.07, 6.45) is 6.57. The van der Waals surface area contributed by atoms with Crippen LogP contribution >= 0.6 is 24.0 Å². The van der Waals surface area contributed by atoms with E-state index in [4.69, 9.17) is 0 Å². The molecule has 1 saturated carbocycles. The fourth-order valence-corrected chi connectivity index (χ4v) is 3.39. The Balaban J connectivity index is 0.00000312. The van der Waals surface area contributed by atoms with Gasteiger partial charge >= 0.3 is 0 Å². The highest BCUT2D eigenvalue weighted by molar-refractivity contribution is 14.0. The van der Waals surface area contributed by atoms with Crippen LogP contribution < -0.4 is 10.6 Å². The zero-order chi connectivity index (χ0) is 17.2. The number of aliphatic imine (C=N–C) groups is 1. The first-order valence-electron chi connectivity index (χ1n) is 9.53. The second kappa shape index (κ2) is 12.5. The predicted octanol–water partition coefficient (Wildman–Crippen LogP) is 4.14. The lowest BCUT2D eigenvalue weighted by molar-refractivity contribution is 0.295. The lowest BCUT2D eigenvalue weighted by Crippen LogP contribution is -2.44. The summed E-state index contributed by atoms with van der Waals surface area (Å²) < 4.78 is 0. The van der Waals surface area contributed by atoms with Gasteiger partial charge in [-0.15, -0.1) is 24.0 Å². The monoisotopic (exact) mass is 458 g/mol. The molecule has 0 atom stereocenters. The van der Waals surface area contributed by atoms with Gasteiger partial charge in [-0.05, 0) is 37.1 Å². The smallest absolute Gasteiger partial charge is 0.191 e. The van der Waals surface area contributed by atoms with E-state index in [0.29, 0.717) is 6.04 Å². The summed E-state index contributed by atoms with van der Waals surface area (Å²) >= 11 is 0. The fraction of sp³-hybridized carbons (Fsp3) is 0.650. The highest BCUT2D eigenvalue weighted by Crippen LogP contribution is 2.17. The second-order valence-corrected chi connectivity index (χ2v) is 6.64. The molecule has 0 heterocycles. The number of rotatable bonds is 7. The average Bonchev–Trinajstić information content (AvgIpc) is 2.64. The molecule has 0 unspecified atom stereocenters. The van der Waals surface area contributed by atoms with Crippen molar-refractivity contribution in [2.75, 3.05) is 20.1 Å². The van der Waals surface area contributed by atoms with Crippen molar-refractivity contribution in [2.45, 2.75) is 65.1 Å². The zero-order valence-corrected chi connectivity index (χ0v) is 18.4. The third-order valence-electron chi connectivity index (χ3n) is 5.02. The van der Waals surface area contributed by atoms with Gasteiger partial charge in [0.15, 0.2) is 5.96 Å². The summed E-state index contributed by atoms with van der Waals surface area (Å²) in [4.78, 5) is 6.86. The Kier molecular flexibility index (Phi) is 11.1. The van der Waals surface area contributed by atoms with Gasteiger partial charge in [-0.1, -0.05) is 57.4 Å². The molecule has 0 radical (unpaired) electrons. The summed E-state index contributed by atoms with van der Waals surface area (Å²) in [6, 6.07) is 9.31. The lowest BCUT2D eigenvalue weighted by atomic mass is 9.96. The molecule has 142 valence electrons. The van der Waals surface area contributed by atoms with E-state index in [1.807, 2.05) is 7.05 Å². The minimum absolute atomic E-state index is 0. The van der Waals surface area contributed by atoms with Gasteiger partial charge in [0, 0.05) is 26.2 Å². The van der Waals surface area contributed by atoms with E-state index in [1.54, 1.807) is 0 Å². The summed E-state index contributed by atoms with van der Waals surface area (Å²) in [5.74, 6) is 0.930. The van der Waals surface area contributed by atoms with Crippen LogP contribution in [0, 0.1) is 0 Å². The molecule has 0 spiro atoms. The van der Waals surface area contributed by atoms with E-state index in [1.165, 1.54) is 43.2 Å². The van der Waals surface area contributed by atoms with Crippen molar-refractivity contribution in [3.05, 3.63) is 35.4 Å². The number of nitrogens with zero attached hydrogens (tertiary/aromatic N) is 2. The Morgan fingerprint density at radius 3 is 2.32 bits per heavy atom. The Bertz CT molecular complexity index is 508. The van der Waals surface area contributed by atoms with Crippen LogP contribution in [0.4, 0.5) is 0 Å². The molecule has 1 aliphatic rings. The van der Waals surface area contributed by atoms with Gasteiger partial charge < -0.3 is 10.6 Å². The minimum Gasteiger partial charge on any atom is -0.354 e. The van der Waals surface area contributed by atoms with Crippen LogP contribution in [0.2, 0.25) is 0 Å². The maximum Gasteiger partial charge on any atom is 0.191 e. The number of guanidine groups is 1. The Morgan fingerprint density at radius 1 is 1.08 bits per heavy atom. The summed E-state index contributed by atoms with van der Waals surface area (Å²) in [5.41, 5.74) is 2.76. The minimum atomic E-state index is 0. The Hall–Kier alpha value is -0.820. The number of nitrogens with one attached hydrogen (secondary N) is 2. The maximum absolute atomic E-state index is 4.40. The van der Waals surface area contributed by atoms with Crippen molar-refractivity contribution in [2.24, 2.45) is 4.99 Å². The van der Waals surface area contributed by atoms with Crippen molar-refractivity contribution in [3.63, 3.8) is 0 Å². The van der Waals surface area contributed by atoms with Gasteiger partial charge in [0.2, 0.25) is 0 Å². The highest BCUT2D eigenvalue weighted by Gasteiger charge is 2.14. The largest absolute Gasteiger partial charge is 0.354 e. The average molecular weight is 458 g/mol. The molecule has 2 rings (SSSR count). The van der Waals surface area contributed by atoms with E-state index in [0.717, 1.165) is 32.1 Å². The van der Waals surface area contributed by atoms with Crippen LogP contribution in [0.15, 0.2) is 29.3 Å². The van der Waals surface area contributed by atoms with E-state index < -0.39 is 0 Å². The molecule has 0 amide bonds. The van der Waals surface area contributed by atoms with Crippen molar-refractivity contribution in [3.8, 4) is 0 Å². The molecule has 1 aliphatic carbocycles. The molecule has 0 saturated heterocycles. The SMILES string of the molecule is CCN(CC)Cc1ccccc1CNC(=NC)NC1CCCCC1.I. The zero-order valence-electron chi connectivity index (χ0n) is 16.1. The van der Waals surface area contributed by atoms with E-state index in [2.05, 4.69) is 58.6 Å².